The molecule has 2 atom stereocenters. The molecule has 48 heavy (non-hydrogen) atoms. The van der Waals surface area contributed by atoms with Crippen LogP contribution in [0.1, 0.15) is 51.8 Å². The molecule has 0 bridgehead atoms. The number of anilines is 2. The van der Waals surface area contributed by atoms with Crippen molar-refractivity contribution in [3.8, 4) is 6.07 Å². The van der Waals surface area contributed by atoms with Crippen LogP contribution in [0, 0.1) is 11.3 Å². The van der Waals surface area contributed by atoms with Crippen LogP contribution < -0.4 is 9.80 Å². The Bertz CT molecular complexity index is 1590. The molecular formula is C29H36F6N6O6S. The highest BCUT2D eigenvalue weighted by molar-refractivity contribution is 7.87. The van der Waals surface area contributed by atoms with Crippen LogP contribution in [-0.4, -0.2) is 111 Å². The van der Waals surface area contributed by atoms with Gasteiger partial charge in [0.2, 0.25) is 0 Å². The molecule has 3 saturated heterocycles. The van der Waals surface area contributed by atoms with Gasteiger partial charge in [0.1, 0.15) is 34.4 Å². The number of ether oxygens (including phenoxy) is 2. The summed E-state index contributed by atoms with van der Waals surface area (Å²) in [6, 6.07) is 2.72. The summed E-state index contributed by atoms with van der Waals surface area (Å²) in [7, 11) is -5.96. The normalized spacial score (nSPS) is 23.9. The maximum absolute atomic E-state index is 14.3. The predicted molar refractivity (Wildman–Crippen MR) is 158 cm³/mol. The van der Waals surface area contributed by atoms with Gasteiger partial charge in [0.15, 0.2) is 5.69 Å². The lowest BCUT2D eigenvalue weighted by molar-refractivity contribution is -0.141. The van der Waals surface area contributed by atoms with E-state index >= 15 is 0 Å². The summed E-state index contributed by atoms with van der Waals surface area (Å²) in [5.74, 6) is -0.614. The number of nitrogens with zero attached hydrogens (tertiary/aromatic N) is 6. The van der Waals surface area contributed by atoms with Gasteiger partial charge in [-0.1, -0.05) is 0 Å². The first-order valence-corrected chi connectivity index (χ1v) is 16.7. The lowest BCUT2D eigenvalue weighted by Gasteiger charge is -2.54. The third kappa shape index (κ3) is 6.97. The molecule has 1 spiro atoms. The Morgan fingerprint density at radius 3 is 2.21 bits per heavy atom. The summed E-state index contributed by atoms with van der Waals surface area (Å²) < 4.78 is 120. The third-order valence-corrected chi connectivity index (χ3v) is 9.96. The molecule has 0 aliphatic carbocycles. The number of nitriles is 1. The van der Waals surface area contributed by atoms with Crippen LogP contribution in [0.15, 0.2) is 17.9 Å². The molecule has 3 fully saturated rings. The molecule has 0 radical (unpaired) electrons. The minimum absolute atomic E-state index is 0.0450. The number of rotatable bonds is 5. The van der Waals surface area contributed by atoms with Crippen LogP contribution in [0.5, 0.6) is 0 Å². The molecule has 19 heteroatoms. The van der Waals surface area contributed by atoms with Crippen molar-refractivity contribution < 1.29 is 53.2 Å². The first-order valence-electron chi connectivity index (χ1n) is 15.3. The summed E-state index contributed by atoms with van der Waals surface area (Å²) in [4.78, 5) is 23.2. The number of piperidine rings is 1. The van der Waals surface area contributed by atoms with Gasteiger partial charge in [-0.3, -0.25) is 4.90 Å². The Hall–Kier alpha value is -3.50. The highest BCUT2D eigenvalue weighted by Crippen LogP contribution is 2.44. The van der Waals surface area contributed by atoms with Crippen LogP contribution in [0.2, 0.25) is 0 Å². The van der Waals surface area contributed by atoms with Crippen molar-refractivity contribution in [2.45, 2.75) is 75.5 Å². The minimum Gasteiger partial charge on any atom is -0.444 e. The molecule has 0 N–H and O–H groups in total. The first kappa shape index (κ1) is 35.8. The predicted octanol–water partition coefficient (Wildman–Crippen LogP) is 4.22. The molecule has 5 rings (SSSR count). The van der Waals surface area contributed by atoms with E-state index in [0.717, 1.165) is 6.08 Å². The van der Waals surface area contributed by atoms with E-state index in [4.69, 9.17) is 9.47 Å². The van der Waals surface area contributed by atoms with Gasteiger partial charge in [0.05, 0.1) is 12.3 Å². The number of carbonyl (C=O) groups is 1. The van der Waals surface area contributed by atoms with Crippen LogP contribution in [0.3, 0.4) is 0 Å². The number of alkyl halides is 6. The van der Waals surface area contributed by atoms with E-state index in [1.165, 1.54) is 11.0 Å². The van der Waals surface area contributed by atoms with E-state index in [-0.39, 0.29) is 56.1 Å². The third-order valence-electron chi connectivity index (χ3n) is 9.00. The summed E-state index contributed by atoms with van der Waals surface area (Å²) in [6.07, 6.45) is -4.48. The summed E-state index contributed by atoms with van der Waals surface area (Å²) in [5.41, 5.74) is -9.75. The van der Waals surface area contributed by atoms with Crippen LogP contribution in [0.25, 0.3) is 0 Å². The van der Waals surface area contributed by atoms with Gasteiger partial charge in [-0.15, -0.1) is 0 Å². The fourth-order valence-corrected chi connectivity index (χ4v) is 6.96. The maximum Gasteiger partial charge on any atom is 0.534 e. The highest BCUT2D eigenvalue weighted by Gasteiger charge is 2.53. The van der Waals surface area contributed by atoms with Gasteiger partial charge in [0.25, 0.3) is 0 Å². The maximum atomic E-state index is 14.3. The largest absolute Gasteiger partial charge is 0.534 e. The lowest BCUT2D eigenvalue weighted by Crippen LogP contribution is -2.68. The Balaban J connectivity index is 1.31. The number of amides is 1. The van der Waals surface area contributed by atoms with Crippen molar-refractivity contribution in [2.24, 2.45) is 0 Å². The van der Waals surface area contributed by atoms with E-state index in [0.29, 0.717) is 32.7 Å². The van der Waals surface area contributed by atoms with Gasteiger partial charge in [0, 0.05) is 76.8 Å². The number of aromatic nitrogens is 1. The van der Waals surface area contributed by atoms with Gasteiger partial charge in [-0.25, -0.2) is 9.78 Å². The molecule has 1 amide bonds. The van der Waals surface area contributed by atoms with Crippen LogP contribution >= 0.6 is 0 Å². The van der Waals surface area contributed by atoms with Crippen molar-refractivity contribution in [1.29, 1.82) is 5.26 Å². The van der Waals surface area contributed by atoms with Crippen molar-refractivity contribution in [2.75, 3.05) is 62.2 Å². The molecule has 5 heterocycles. The van der Waals surface area contributed by atoms with Crippen molar-refractivity contribution in [3.63, 3.8) is 0 Å². The number of carbonyl (C=O) groups excluding carboxylic acids is 1. The fraction of sp³-hybridized carbons (Fsp3) is 0.690. The van der Waals surface area contributed by atoms with E-state index in [1.807, 2.05) is 6.92 Å². The van der Waals surface area contributed by atoms with Gasteiger partial charge >= 0.3 is 27.9 Å². The zero-order chi connectivity index (χ0) is 35.4. The molecule has 0 unspecified atom stereocenters. The van der Waals surface area contributed by atoms with Crippen LogP contribution in [0.4, 0.5) is 42.6 Å². The van der Waals surface area contributed by atoms with Crippen molar-refractivity contribution in [3.05, 3.63) is 29.2 Å². The molecule has 0 aromatic carbocycles. The topological polar surface area (TPSA) is 129 Å². The van der Waals surface area contributed by atoms with E-state index < -0.39 is 56.1 Å². The molecule has 1 aromatic rings. The molecule has 1 aromatic heterocycles. The van der Waals surface area contributed by atoms with E-state index in [2.05, 4.69) is 14.1 Å². The number of hydrogen-bond donors (Lipinski definition) is 0. The molecular weight excluding hydrogens is 674 g/mol. The average molecular weight is 711 g/mol. The highest BCUT2D eigenvalue weighted by atomic mass is 32.2. The number of halogens is 6. The van der Waals surface area contributed by atoms with Gasteiger partial charge in [-0.05, 0) is 33.8 Å². The number of hydrogen-bond acceptors (Lipinski definition) is 11. The Morgan fingerprint density at radius 2 is 1.69 bits per heavy atom. The summed E-state index contributed by atoms with van der Waals surface area (Å²) in [6.45, 7) is 9.09. The molecule has 4 aliphatic heterocycles. The smallest absolute Gasteiger partial charge is 0.444 e. The number of pyridine rings is 1. The quantitative estimate of drug-likeness (QED) is 0.248. The Kier molecular flexibility index (Phi) is 9.27. The monoisotopic (exact) mass is 710 g/mol. The second-order valence-electron chi connectivity index (χ2n) is 13.1. The van der Waals surface area contributed by atoms with Gasteiger partial charge in [-0.2, -0.15) is 40.0 Å². The van der Waals surface area contributed by atoms with E-state index in [9.17, 15) is 44.8 Å². The van der Waals surface area contributed by atoms with Crippen LogP contribution in [-0.2, 0) is 30.0 Å². The Morgan fingerprint density at radius 1 is 1.06 bits per heavy atom. The zero-order valence-corrected chi connectivity index (χ0v) is 27.5. The zero-order valence-electron chi connectivity index (χ0n) is 26.7. The molecule has 4 aliphatic rings. The summed E-state index contributed by atoms with van der Waals surface area (Å²) >= 11 is 0. The summed E-state index contributed by atoms with van der Waals surface area (Å²) in [5, 5.41) is 9.86. The first-order chi connectivity index (χ1) is 22.2. The second-order valence-corrected chi connectivity index (χ2v) is 14.7. The van der Waals surface area contributed by atoms with Crippen molar-refractivity contribution in [1.82, 2.24) is 14.8 Å². The minimum atomic E-state index is -5.96. The van der Waals surface area contributed by atoms with E-state index in [1.54, 1.807) is 36.6 Å². The molecule has 266 valence electrons. The fourth-order valence-electron chi connectivity index (χ4n) is 6.41. The molecule has 12 nitrogen and oxygen atoms in total. The molecule has 0 saturated carbocycles. The lowest BCUT2D eigenvalue weighted by atomic mass is 9.89. The standard InChI is InChI=1S/C29H36F6N6O6S/c1-18-21(38-10-12-40(13-11-38)25(42)46-26(2,3)4)17-41(18)20-15-23(37-24(19(20)16-36)28(30,31)32)39-8-6-27(7-9-39)22(5-14-45-27)47-48(43,44)29(33,34)35/h5,15,18,21H,6-14,17H2,1-4H3/t18-,21-/m1/s1. The number of piperazine rings is 1. The Labute approximate surface area is 273 Å². The SMILES string of the molecule is C[C@@H]1[C@H](N2CCN(C(=O)OC(C)(C)C)CC2)CN1c1cc(N2CCC3(CC2)OCC=C3OS(=O)(=O)C(F)(F)F)nc(C(F)(F)F)c1C#N. The van der Waals surface area contributed by atoms with Crippen molar-refractivity contribution >= 4 is 27.7 Å². The second kappa shape index (κ2) is 12.4. The average Bonchev–Trinajstić information content (AvgIpc) is 3.35. The van der Waals surface area contributed by atoms with Gasteiger partial charge < -0.3 is 28.4 Å².